The van der Waals surface area contributed by atoms with Gasteiger partial charge in [0.2, 0.25) is 0 Å². The molecule has 0 radical (unpaired) electrons. The smallest absolute Gasteiger partial charge is 0.413 e. The molecule has 0 aliphatic carbocycles. The average molecular weight is 453 g/mol. The van der Waals surface area contributed by atoms with E-state index in [0.717, 1.165) is 18.0 Å². The highest BCUT2D eigenvalue weighted by Gasteiger charge is 2.28. The number of halogens is 1. The van der Waals surface area contributed by atoms with Crippen molar-refractivity contribution in [3.8, 4) is 0 Å². The van der Waals surface area contributed by atoms with Crippen LogP contribution in [0.2, 0.25) is 0 Å². The highest BCUT2D eigenvalue weighted by Crippen LogP contribution is 2.34. The summed E-state index contributed by atoms with van der Waals surface area (Å²) in [5, 5.41) is 3.60. The zero-order valence-corrected chi connectivity index (χ0v) is 18.8. The highest BCUT2D eigenvalue weighted by atomic mass is 35.5. The number of amides is 1. The zero-order chi connectivity index (χ0) is 21.7. The van der Waals surface area contributed by atoms with Crippen molar-refractivity contribution in [2.75, 3.05) is 38.2 Å². The van der Waals surface area contributed by atoms with Crippen LogP contribution in [0.25, 0.3) is 0 Å². The summed E-state index contributed by atoms with van der Waals surface area (Å²) in [6, 6.07) is -0.232. The number of allylic oxidation sites excluding steroid dienone is 3. The number of carbonyl (C=O) groups is 1. The predicted molar refractivity (Wildman–Crippen MR) is 116 cm³/mol. The summed E-state index contributed by atoms with van der Waals surface area (Å²) in [5.41, 5.74) is -0.221. The van der Waals surface area contributed by atoms with E-state index in [0.29, 0.717) is 35.6 Å². The number of ether oxygens (including phenoxy) is 2. The summed E-state index contributed by atoms with van der Waals surface area (Å²) in [4.78, 5) is 32.9. The lowest BCUT2D eigenvalue weighted by molar-refractivity contribution is 0.0290. The van der Waals surface area contributed by atoms with Crippen LogP contribution in [0.3, 0.4) is 0 Å². The van der Waals surface area contributed by atoms with E-state index in [1.54, 1.807) is 50.2 Å². The number of hydrogen-bond acceptors (Lipinski definition) is 8. The van der Waals surface area contributed by atoms with Gasteiger partial charge < -0.3 is 14.4 Å². The zero-order valence-electron chi connectivity index (χ0n) is 17.2. The van der Waals surface area contributed by atoms with Gasteiger partial charge in [0.1, 0.15) is 11.3 Å². The van der Waals surface area contributed by atoms with Gasteiger partial charge in [-0.05, 0) is 32.9 Å². The topological polar surface area (TPSA) is 84.0 Å². The molecule has 0 bridgehead atoms. The third-order valence-corrected chi connectivity index (χ3v) is 5.61. The Morgan fingerprint density at radius 2 is 2.13 bits per heavy atom. The predicted octanol–water partition coefficient (Wildman–Crippen LogP) is 3.53. The standard InChI is InChI=1S/C20H25ClN4O4S/c1-20(2,3)29-19(27)23-18-22-10-17(30-18)16(12-24-6-8-28-9-7-24)25-11-14(21)4-5-15(25)13-26/h4-5,10-11,16H,6-9,12H2,1-3H3,(H,22,23,27). The van der Waals surface area contributed by atoms with E-state index in [1.165, 1.54) is 11.3 Å². The minimum Gasteiger partial charge on any atom is -0.444 e. The highest BCUT2D eigenvalue weighted by molar-refractivity contribution is 7.15. The van der Waals surface area contributed by atoms with Gasteiger partial charge in [-0.25, -0.2) is 14.6 Å². The molecule has 1 unspecified atom stereocenters. The maximum Gasteiger partial charge on any atom is 0.413 e. The van der Waals surface area contributed by atoms with Crippen molar-refractivity contribution in [2.24, 2.45) is 0 Å². The van der Waals surface area contributed by atoms with Gasteiger partial charge in [0, 0.05) is 32.0 Å². The monoisotopic (exact) mass is 452 g/mol. The van der Waals surface area contributed by atoms with E-state index in [9.17, 15) is 9.59 Å². The van der Waals surface area contributed by atoms with Crippen LogP contribution in [0, 0.1) is 0 Å². The van der Waals surface area contributed by atoms with Crippen molar-refractivity contribution in [3.05, 3.63) is 40.2 Å². The summed E-state index contributed by atoms with van der Waals surface area (Å²) in [7, 11) is 0. The number of nitrogens with zero attached hydrogens (tertiary/aromatic N) is 3. The fourth-order valence-electron chi connectivity index (χ4n) is 3.07. The molecule has 1 saturated heterocycles. The van der Waals surface area contributed by atoms with Crippen LogP contribution in [0.5, 0.6) is 0 Å². The first-order valence-corrected chi connectivity index (χ1v) is 10.8. The first-order chi connectivity index (χ1) is 14.2. The number of carbonyl (C=O) groups excluding carboxylic acids is 2. The molecule has 1 fully saturated rings. The molecule has 8 nitrogen and oxygen atoms in total. The Labute approximate surface area is 184 Å². The summed E-state index contributed by atoms with van der Waals surface area (Å²) < 4.78 is 10.7. The molecule has 1 aromatic rings. The number of anilines is 1. The lowest BCUT2D eigenvalue weighted by Crippen LogP contribution is -2.42. The molecule has 2 aliphatic rings. The number of thiazole rings is 1. The summed E-state index contributed by atoms with van der Waals surface area (Å²) >= 11 is 7.54. The largest absolute Gasteiger partial charge is 0.444 e. The molecule has 0 spiro atoms. The molecule has 3 heterocycles. The Morgan fingerprint density at radius 3 is 2.80 bits per heavy atom. The average Bonchev–Trinajstić information content (AvgIpc) is 3.13. The molecule has 1 aromatic heterocycles. The summed E-state index contributed by atoms with van der Waals surface area (Å²) in [6.45, 7) is 8.93. The van der Waals surface area contributed by atoms with Gasteiger partial charge in [0.05, 0.1) is 29.2 Å². The van der Waals surface area contributed by atoms with Crippen LogP contribution in [0.15, 0.2) is 35.3 Å². The van der Waals surface area contributed by atoms with Crippen LogP contribution in [0.4, 0.5) is 9.93 Å². The molecule has 1 N–H and O–H groups in total. The molecule has 1 amide bonds. The van der Waals surface area contributed by atoms with Crippen molar-refractivity contribution in [3.63, 3.8) is 0 Å². The lowest BCUT2D eigenvalue weighted by Gasteiger charge is -2.36. The van der Waals surface area contributed by atoms with Crippen LogP contribution in [0.1, 0.15) is 31.7 Å². The van der Waals surface area contributed by atoms with E-state index in [4.69, 9.17) is 21.1 Å². The summed E-state index contributed by atoms with van der Waals surface area (Å²) in [6.07, 6.45) is 6.15. The van der Waals surface area contributed by atoms with Crippen LogP contribution in [-0.4, -0.2) is 65.3 Å². The van der Waals surface area contributed by atoms with E-state index in [1.807, 2.05) is 5.94 Å². The Balaban J connectivity index is 1.83. The van der Waals surface area contributed by atoms with Crippen molar-refractivity contribution < 1.29 is 19.1 Å². The van der Waals surface area contributed by atoms with Gasteiger partial charge in [-0.3, -0.25) is 10.2 Å². The maximum absolute atomic E-state index is 12.1. The SMILES string of the molecule is CC(C)(C)OC(=O)Nc1ncc(C(CN2CCOCC2)N2C=C(Cl)C=CC2=C=O)s1. The Hall–Kier alpha value is -2.16. The van der Waals surface area contributed by atoms with Crippen LogP contribution >= 0.6 is 22.9 Å². The second-order valence-electron chi connectivity index (χ2n) is 7.87. The first kappa shape index (κ1) is 22.5. The second kappa shape index (κ2) is 9.76. The van der Waals surface area contributed by atoms with Gasteiger partial charge >= 0.3 is 6.09 Å². The van der Waals surface area contributed by atoms with Gasteiger partial charge in [0.25, 0.3) is 0 Å². The Morgan fingerprint density at radius 1 is 1.40 bits per heavy atom. The Bertz CT molecular complexity index is 880. The second-order valence-corrected chi connectivity index (χ2v) is 9.36. The molecule has 3 rings (SSSR count). The quantitative estimate of drug-likeness (QED) is 0.684. The number of morpholine rings is 1. The number of nitrogens with one attached hydrogen (secondary N) is 1. The normalized spacial score (nSPS) is 18.6. The van der Waals surface area contributed by atoms with Crippen molar-refractivity contribution in [1.29, 1.82) is 0 Å². The third-order valence-electron chi connectivity index (χ3n) is 4.38. The minimum atomic E-state index is -0.603. The van der Waals surface area contributed by atoms with Crippen LogP contribution < -0.4 is 5.32 Å². The van der Waals surface area contributed by atoms with Crippen molar-refractivity contribution >= 4 is 40.1 Å². The molecule has 10 heteroatoms. The van der Waals surface area contributed by atoms with Gasteiger partial charge in [-0.15, -0.1) is 0 Å². The van der Waals surface area contributed by atoms with E-state index >= 15 is 0 Å². The fraction of sp³-hybridized carbons (Fsp3) is 0.500. The van der Waals surface area contributed by atoms with Crippen LogP contribution in [-0.2, 0) is 14.3 Å². The number of rotatable bonds is 5. The van der Waals surface area contributed by atoms with Crippen molar-refractivity contribution in [1.82, 2.24) is 14.8 Å². The summed E-state index contributed by atoms with van der Waals surface area (Å²) in [5.74, 6) is 1.98. The van der Waals surface area contributed by atoms with E-state index in [2.05, 4.69) is 15.2 Å². The van der Waals surface area contributed by atoms with Gasteiger partial charge in [-0.2, -0.15) is 0 Å². The molecule has 0 saturated carbocycles. The molecule has 162 valence electrons. The molecule has 2 aliphatic heterocycles. The minimum absolute atomic E-state index is 0.232. The van der Waals surface area contributed by atoms with Crippen molar-refractivity contribution in [2.45, 2.75) is 32.4 Å². The van der Waals surface area contributed by atoms with Gasteiger partial charge in [-0.1, -0.05) is 22.9 Å². The lowest BCUT2D eigenvalue weighted by atomic mass is 10.1. The maximum atomic E-state index is 12.1. The van der Waals surface area contributed by atoms with E-state index < -0.39 is 11.7 Å². The van der Waals surface area contributed by atoms with E-state index in [-0.39, 0.29) is 6.04 Å². The molecule has 0 aromatic carbocycles. The molecule has 1 atom stereocenters. The van der Waals surface area contributed by atoms with Gasteiger partial charge in [0.15, 0.2) is 11.1 Å². The molecular formula is C20H25ClN4O4S. The first-order valence-electron chi connectivity index (χ1n) is 9.60. The molecule has 30 heavy (non-hydrogen) atoms. The molecular weight excluding hydrogens is 428 g/mol. The fourth-order valence-corrected chi connectivity index (χ4v) is 4.13. The Kier molecular flexibility index (Phi) is 7.33. The third kappa shape index (κ3) is 6.17. The number of hydrogen-bond donors (Lipinski definition) is 1. The number of aromatic nitrogens is 1.